The highest BCUT2D eigenvalue weighted by atomic mass is 35.5. The first kappa shape index (κ1) is 19.8. The fourth-order valence-corrected chi connectivity index (χ4v) is 6.44. The van der Waals surface area contributed by atoms with E-state index in [9.17, 15) is 4.79 Å². The molecule has 2 aliphatic rings. The van der Waals surface area contributed by atoms with Crippen molar-refractivity contribution in [1.29, 1.82) is 0 Å². The number of hydrogen-bond donors (Lipinski definition) is 3. The molecule has 2 saturated heterocycles. The molecule has 0 saturated carbocycles. The van der Waals surface area contributed by atoms with E-state index >= 15 is 0 Å². The zero-order chi connectivity index (χ0) is 22.1. The van der Waals surface area contributed by atoms with Crippen LogP contribution in [-0.4, -0.2) is 49.2 Å². The Morgan fingerprint density at radius 3 is 2.69 bits per heavy atom. The Labute approximate surface area is 192 Å². The summed E-state index contributed by atoms with van der Waals surface area (Å²) in [6, 6.07) is 4.49. The van der Waals surface area contributed by atoms with Crippen LogP contribution in [0.1, 0.15) is 41.2 Å². The number of nitrogens with two attached hydrogens (primary N) is 2. The Hall–Kier alpha value is -2.82. The van der Waals surface area contributed by atoms with E-state index in [4.69, 9.17) is 28.1 Å². The molecule has 11 heteroatoms. The average Bonchev–Trinajstić information content (AvgIpc) is 3.41. The van der Waals surface area contributed by atoms with E-state index in [0.717, 1.165) is 40.9 Å². The second kappa shape index (κ2) is 7.09. The second-order valence-electron chi connectivity index (χ2n) is 8.57. The van der Waals surface area contributed by atoms with Crippen LogP contribution >= 0.6 is 22.9 Å². The molecule has 32 heavy (non-hydrogen) atoms. The Morgan fingerprint density at radius 2 is 1.97 bits per heavy atom. The summed E-state index contributed by atoms with van der Waals surface area (Å²) in [6.07, 6.45) is 3.86. The molecule has 2 unspecified atom stereocenters. The Morgan fingerprint density at radius 1 is 1.22 bits per heavy atom. The highest BCUT2D eigenvalue weighted by Gasteiger charge is 2.41. The van der Waals surface area contributed by atoms with E-state index in [1.807, 2.05) is 19.1 Å². The number of carbonyl (C=O) groups is 1. The van der Waals surface area contributed by atoms with Crippen molar-refractivity contribution in [3.05, 3.63) is 27.9 Å². The van der Waals surface area contributed by atoms with Gasteiger partial charge >= 0.3 is 0 Å². The summed E-state index contributed by atoms with van der Waals surface area (Å²) in [4.78, 5) is 28.5. The summed E-state index contributed by atoms with van der Waals surface area (Å²) in [7, 11) is 0. The van der Waals surface area contributed by atoms with Crippen LogP contribution in [0.4, 0.5) is 5.95 Å². The number of thiazole rings is 1. The number of amides is 1. The highest BCUT2D eigenvalue weighted by Crippen LogP contribution is 2.41. The molecule has 5 heterocycles. The van der Waals surface area contributed by atoms with Gasteiger partial charge in [0.25, 0.3) is 5.91 Å². The van der Waals surface area contributed by atoms with Crippen molar-refractivity contribution in [2.45, 2.75) is 50.7 Å². The summed E-state index contributed by atoms with van der Waals surface area (Å²) in [5.74, 6) is -0.142. The van der Waals surface area contributed by atoms with Gasteiger partial charge in [-0.3, -0.25) is 9.89 Å². The number of aromatic nitrogens is 5. The van der Waals surface area contributed by atoms with E-state index < -0.39 is 5.91 Å². The van der Waals surface area contributed by atoms with Gasteiger partial charge in [-0.1, -0.05) is 11.6 Å². The molecule has 3 aromatic heterocycles. The topological polar surface area (TPSA) is 140 Å². The maximum absolute atomic E-state index is 12.5. The number of fused-ring (bicyclic) bond motifs is 4. The van der Waals surface area contributed by atoms with Gasteiger partial charge < -0.3 is 16.4 Å². The van der Waals surface area contributed by atoms with Gasteiger partial charge in [0, 0.05) is 23.7 Å². The molecule has 6 rings (SSSR count). The average molecular weight is 469 g/mol. The van der Waals surface area contributed by atoms with Gasteiger partial charge in [0.2, 0.25) is 5.95 Å². The van der Waals surface area contributed by atoms with E-state index in [-0.39, 0.29) is 23.8 Å². The molecule has 1 amide bonds. The number of aromatic amines is 1. The van der Waals surface area contributed by atoms with Gasteiger partial charge in [-0.2, -0.15) is 10.1 Å². The zero-order valence-electron chi connectivity index (χ0n) is 17.3. The van der Waals surface area contributed by atoms with Gasteiger partial charge in [-0.25, -0.2) is 9.97 Å². The molecule has 1 aromatic carbocycles. The third kappa shape index (κ3) is 2.90. The number of nitrogens with one attached hydrogen (secondary N) is 1. The van der Waals surface area contributed by atoms with Crippen LogP contribution < -0.4 is 16.4 Å². The van der Waals surface area contributed by atoms with Crippen molar-refractivity contribution in [3.63, 3.8) is 0 Å². The Bertz CT molecular complexity index is 1380. The zero-order valence-corrected chi connectivity index (χ0v) is 18.9. The van der Waals surface area contributed by atoms with Crippen LogP contribution in [0.2, 0.25) is 5.02 Å². The van der Waals surface area contributed by atoms with Crippen molar-refractivity contribution in [2.24, 2.45) is 11.5 Å². The lowest BCUT2D eigenvalue weighted by molar-refractivity contribution is 0.0997. The first-order valence-electron chi connectivity index (χ1n) is 10.6. The van der Waals surface area contributed by atoms with Crippen molar-refractivity contribution >= 4 is 56.0 Å². The van der Waals surface area contributed by atoms with Gasteiger partial charge in [0.1, 0.15) is 5.69 Å². The van der Waals surface area contributed by atoms with Gasteiger partial charge in [0.15, 0.2) is 5.65 Å². The Kier molecular flexibility index (Phi) is 4.40. The van der Waals surface area contributed by atoms with Gasteiger partial charge in [-0.15, -0.1) is 11.3 Å². The van der Waals surface area contributed by atoms with Gasteiger partial charge in [0.05, 0.1) is 31.3 Å². The monoisotopic (exact) mass is 468 g/mol. The fraction of sp³-hybridized carbons (Fsp3) is 0.381. The standard InChI is InChI=1S/C21H21ClN8OS/c1-8-25-13-5-4-12(15(22)18(13)32-8)16-14-17(19(24)31)26-21(27-20(14)29-28-16)30-10-2-3-11(30)7-9(23)6-10/h4-5,9-11H,2-3,6-7,23H2,1H3,(H2,24,31)(H,26,27,28,29). The molecule has 2 atom stereocenters. The summed E-state index contributed by atoms with van der Waals surface area (Å²) in [5.41, 5.74) is 14.6. The van der Waals surface area contributed by atoms with Gasteiger partial charge in [-0.05, 0) is 44.7 Å². The van der Waals surface area contributed by atoms with E-state index in [1.165, 1.54) is 11.3 Å². The number of carbonyl (C=O) groups excluding carboxylic acids is 1. The molecule has 9 nitrogen and oxygen atoms in total. The van der Waals surface area contributed by atoms with Crippen molar-refractivity contribution in [3.8, 4) is 11.3 Å². The quantitative estimate of drug-likeness (QED) is 0.419. The number of aryl methyl sites for hydroxylation is 1. The summed E-state index contributed by atoms with van der Waals surface area (Å²) in [6.45, 7) is 1.94. The minimum atomic E-state index is -0.631. The summed E-state index contributed by atoms with van der Waals surface area (Å²) in [5, 5.41) is 9.36. The van der Waals surface area contributed by atoms with Crippen LogP contribution in [0.3, 0.4) is 0 Å². The number of primary amides is 1. The minimum Gasteiger partial charge on any atom is -0.364 e. The molecule has 2 aliphatic heterocycles. The van der Waals surface area contributed by atoms with Crippen molar-refractivity contribution in [1.82, 2.24) is 25.1 Å². The highest BCUT2D eigenvalue weighted by molar-refractivity contribution is 7.19. The number of rotatable bonds is 3. The van der Waals surface area contributed by atoms with Crippen molar-refractivity contribution in [2.75, 3.05) is 4.90 Å². The van der Waals surface area contributed by atoms with E-state index in [1.54, 1.807) is 0 Å². The predicted octanol–water partition coefficient (Wildman–Crippen LogP) is 3.15. The molecule has 164 valence electrons. The number of nitrogens with zero attached hydrogens (tertiary/aromatic N) is 5. The summed E-state index contributed by atoms with van der Waals surface area (Å²) >= 11 is 8.26. The molecular formula is C21H21ClN8OS. The van der Waals surface area contributed by atoms with Crippen LogP contribution in [0.5, 0.6) is 0 Å². The molecule has 5 N–H and O–H groups in total. The summed E-state index contributed by atoms with van der Waals surface area (Å²) < 4.78 is 0.879. The number of hydrogen-bond acceptors (Lipinski definition) is 8. The SMILES string of the molecule is Cc1nc2ccc(-c3[nH]nc4nc(N5C6CCC5CC(N)C6)nc(C(N)=O)c34)c(Cl)c2s1. The third-order valence-corrected chi connectivity index (χ3v) is 8.02. The second-order valence-corrected chi connectivity index (χ2v) is 10.1. The Balaban J connectivity index is 1.53. The lowest BCUT2D eigenvalue weighted by Gasteiger charge is -2.37. The molecule has 0 aliphatic carbocycles. The molecular weight excluding hydrogens is 448 g/mol. The first-order valence-corrected chi connectivity index (χ1v) is 11.8. The van der Waals surface area contributed by atoms with E-state index in [0.29, 0.717) is 33.3 Å². The molecule has 0 spiro atoms. The van der Waals surface area contributed by atoms with Crippen LogP contribution in [-0.2, 0) is 0 Å². The molecule has 4 aromatic rings. The minimum absolute atomic E-state index is 0.139. The number of H-pyrrole nitrogens is 1. The largest absolute Gasteiger partial charge is 0.364 e. The molecule has 2 bridgehead atoms. The lowest BCUT2D eigenvalue weighted by Crippen LogP contribution is -2.48. The van der Waals surface area contributed by atoms with Crippen molar-refractivity contribution < 1.29 is 4.79 Å². The third-order valence-electron chi connectivity index (χ3n) is 6.51. The number of anilines is 1. The van der Waals surface area contributed by atoms with E-state index in [2.05, 4.69) is 25.1 Å². The molecule has 0 radical (unpaired) electrons. The van der Waals surface area contributed by atoms with Crippen LogP contribution in [0, 0.1) is 6.92 Å². The molecule has 2 fully saturated rings. The van der Waals surface area contributed by atoms with Crippen LogP contribution in [0.15, 0.2) is 12.1 Å². The number of halogens is 1. The lowest BCUT2D eigenvalue weighted by atomic mass is 9.98. The van der Waals surface area contributed by atoms with Crippen LogP contribution in [0.25, 0.3) is 32.5 Å². The fourth-order valence-electron chi connectivity index (χ4n) is 5.21. The number of benzene rings is 1. The maximum Gasteiger partial charge on any atom is 0.268 e. The maximum atomic E-state index is 12.5. The predicted molar refractivity (Wildman–Crippen MR) is 125 cm³/mol. The smallest absolute Gasteiger partial charge is 0.268 e. The first-order chi connectivity index (χ1) is 15.4. The number of piperidine rings is 1. The normalized spacial score (nSPS) is 22.8.